The summed E-state index contributed by atoms with van der Waals surface area (Å²) in [5.41, 5.74) is 5.48. The molecule has 0 heterocycles. The van der Waals surface area contributed by atoms with Gasteiger partial charge in [-0.1, -0.05) is 42.5 Å². The Labute approximate surface area is 181 Å². The molecule has 0 aliphatic heterocycles. The first kappa shape index (κ1) is 22.4. The van der Waals surface area contributed by atoms with Crippen LogP contribution in [0.25, 0.3) is 0 Å². The van der Waals surface area contributed by atoms with Gasteiger partial charge in [-0.2, -0.15) is 10.4 Å². The van der Waals surface area contributed by atoms with E-state index in [1.807, 2.05) is 42.5 Å². The molecule has 0 saturated heterocycles. The second-order valence-corrected chi connectivity index (χ2v) is 6.55. The standard InChI is InChI=1S/C23H17F3N4O2/c24-23(25,26)32-20-12-10-19(11-13-20)28-22(31)30-29-21(18-4-2-1-3-5-18)14-16-6-8-17(15-27)9-7-16/h1-13H,14H2,(H2,28,30,31). The third kappa shape index (κ3) is 6.88. The van der Waals surface area contributed by atoms with E-state index in [0.717, 1.165) is 23.3 Å². The molecule has 162 valence electrons. The van der Waals surface area contributed by atoms with Gasteiger partial charge in [-0.15, -0.1) is 13.2 Å². The summed E-state index contributed by atoms with van der Waals surface area (Å²) in [7, 11) is 0. The second-order valence-electron chi connectivity index (χ2n) is 6.55. The van der Waals surface area contributed by atoms with Crippen LogP contribution in [0.2, 0.25) is 0 Å². The van der Waals surface area contributed by atoms with Gasteiger partial charge >= 0.3 is 12.4 Å². The van der Waals surface area contributed by atoms with Gasteiger partial charge in [-0.3, -0.25) is 0 Å². The molecule has 3 aromatic rings. The highest BCUT2D eigenvalue weighted by molar-refractivity contribution is 6.02. The number of hydrogen-bond donors (Lipinski definition) is 2. The summed E-state index contributed by atoms with van der Waals surface area (Å²) in [5.74, 6) is -0.393. The molecule has 0 fully saturated rings. The van der Waals surface area contributed by atoms with Gasteiger partial charge in [0.2, 0.25) is 0 Å². The van der Waals surface area contributed by atoms with Crippen LogP contribution in [0.4, 0.5) is 23.7 Å². The number of urea groups is 1. The molecule has 3 rings (SSSR count). The molecule has 2 N–H and O–H groups in total. The summed E-state index contributed by atoms with van der Waals surface area (Å²) in [6.45, 7) is 0. The summed E-state index contributed by atoms with van der Waals surface area (Å²) in [4.78, 5) is 12.2. The lowest BCUT2D eigenvalue weighted by Gasteiger charge is -2.10. The lowest BCUT2D eigenvalue weighted by Crippen LogP contribution is -2.26. The Morgan fingerprint density at radius 3 is 2.22 bits per heavy atom. The summed E-state index contributed by atoms with van der Waals surface area (Å²) in [5, 5.41) is 15.6. The van der Waals surface area contributed by atoms with Crippen LogP contribution in [-0.4, -0.2) is 18.1 Å². The number of nitriles is 1. The first-order valence-corrected chi connectivity index (χ1v) is 9.36. The van der Waals surface area contributed by atoms with Crippen molar-refractivity contribution in [2.24, 2.45) is 5.10 Å². The Balaban J connectivity index is 1.69. The van der Waals surface area contributed by atoms with Crippen molar-refractivity contribution in [3.63, 3.8) is 0 Å². The number of halogens is 3. The van der Waals surface area contributed by atoms with E-state index in [1.165, 1.54) is 12.1 Å². The molecule has 0 saturated carbocycles. The topological polar surface area (TPSA) is 86.5 Å². The Bertz CT molecular complexity index is 1120. The minimum atomic E-state index is -4.79. The number of carbonyl (C=O) groups is 1. The number of ether oxygens (including phenoxy) is 1. The molecule has 9 heteroatoms. The van der Waals surface area contributed by atoms with Crippen LogP contribution in [0.15, 0.2) is 84.0 Å². The largest absolute Gasteiger partial charge is 0.573 e. The number of nitrogens with one attached hydrogen (secondary N) is 2. The normalized spacial score (nSPS) is 11.4. The lowest BCUT2D eigenvalue weighted by atomic mass is 10.0. The number of carbonyl (C=O) groups excluding carboxylic acids is 1. The molecule has 0 aliphatic rings. The predicted molar refractivity (Wildman–Crippen MR) is 113 cm³/mol. The van der Waals surface area contributed by atoms with E-state index in [-0.39, 0.29) is 5.69 Å². The number of amides is 2. The van der Waals surface area contributed by atoms with E-state index in [4.69, 9.17) is 5.26 Å². The van der Waals surface area contributed by atoms with E-state index in [9.17, 15) is 18.0 Å². The van der Waals surface area contributed by atoms with E-state index in [1.54, 1.807) is 12.1 Å². The lowest BCUT2D eigenvalue weighted by molar-refractivity contribution is -0.274. The average Bonchev–Trinajstić information content (AvgIpc) is 2.78. The highest BCUT2D eigenvalue weighted by atomic mass is 19.4. The summed E-state index contributed by atoms with van der Waals surface area (Å²) in [6.07, 6.45) is -4.39. The van der Waals surface area contributed by atoms with E-state index >= 15 is 0 Å². The third-order valence-electron chi connectivity index (χ3n) is 4.20. The smallest absolute Gasteiger partial charge is 0.406 e. The molecule has 0 atom stereocenters. The highest BCUT2D eigenvalue weighted by Crippen LogP contribution is 2.23. The van der Waals surface area contributed by atoms with Crippen molar-refractivity contribution in [3.05, 3.63) is 95.6 Å². The molecule has 0 spiro atoms. The average molecular weight is 438 g/mol. The second kappa shape index (κ2) is 10.1. The maximum absolute atomic E-state index is 12.2. The van der Waals surface area contributed by atoms with Crippen LogP contribution in [0.5, 0.6) is 5.75 Å². The fraction of sp³-hybridized carbons (Fsp3) is 0.0870. The zero-order chi connectivity index (χ0) is 23.0. The van der Waals surface area contributed by atoms with Gasteiger partial charge in [-0.25, -0.2) is 10.2 Å². The molecule has 32 heavy (non-hydrogen) atoms. The zero-order valence-corrected chi connectivity index (χ0v) is 16.6. The van der Waals surface area contributed by atoms with Gasteiger partial charge in [0.1, 0.15) is 5.75 Å². The van der Waals surface area contributed by atoms with Crippen molar-refractivity contribution in [1.29, 1.82) is 5.26 Å². The van der Waals surface area contributed by atoms with Crippen LogP contribution in [0, 0.1) is 11.3 Å². The molecule has 0 radical (unpaired) electrons. The Hall–Kier alpha value is -4.32. The number of alkyl halides is 3. The van der Waals surface area contributed by atoms with Crippen LogP contribution in [0.1, 0.15) is 16.7 Å². The molecule has 0 unspecified atom stereocenters. The van der Waals surface area contributed by atoms with Crippen molar-refractivity contribution in [2.75, 3.05) is 5.32 Å². The Morgan fingerprint density at radius 2 is 1.62 bits per heavy atom. The van der Waals surface area contributed by atoms with Crippen molar-refractivity contribution in [1.82, 2.24) is 5.43 Å². The molecule has 3 aromatic carbocycles. The molecule has 6 nitrogen and oxygen atoms in total. The first-order chi connectivity index (χ1) is 15.3. The predicted octanol–water partition coefficient (Wildman–Crippen LogP) is 5.23. The fourth-order valence-electron chi connectivity index (χ4n) is 2.74. The monoisotopic (exact) mass is 438 g/mol. The molecule has 2 amide bonds. The van der Waals surface area contributed by atoms with E-state index in [0.29, 0.717) is 17.7 Å². The fourth-order valence-corrected chi connectivity index (χ4v) is 2.74. The van der Waals surface area contributed by atoms with Crippen LogP contribution >= 0.6 is 0 Å². The van der Waals surface area contributed by atoms with Crippen molar-refractivity contribution >= 4 is 17.4 Å². The Kier molecular flexibility index (Phi) is 7.08. The number of benzene rings is 3. The molecular formula is C23H17F3N4O2. The van der Waals surface area contributed by atoms with Crippen molar-refractivity contribution in [2.45, 2.75) is 12.8 Å². The van der Waals surface area contributed by atoms with Crippen molar-refractivity contribution in [3.8, 4) is 11.8 Å². The van der Waals surface area contributed by atoms with Gasteiger partial charge in [0.15, 0.2) is 0 Å². The third-order valence-corrected chi connectivity index (χ3v) is 4.20. The quantitative estimate of drug-likeness (QED) is 0.408. The maximum Gasteiger partial charge on any atom is 0.573 e. The molecule has 0 aliphatic carbocycles. The molecule has 0 aromatic heterocycles. The molecular weight excluding hydrogens is 421 g/mol. The summed E-state index contributed by atoms with van der Waals surface area (Å²) < 4.78 is 40.5. The zero-order valence-electron chi connectivity index (χ0n) is 16.6. The number of anilines is 1. The maximum atomic E-state index is 12.2. The summed E-state index contributed by atoms with van der Waals surface area (Å²) in [6, 6.07) is 22.4. The van der Waals surface area contributed by atoms with Gasteiger partial charge in [0, 0.05) is 12.1 Å². The number of rotatable bonds is 6. The summed E-state index contributed by atoms with van der Waals surface area (Å²) >= 11 is 0. The number of hydrogen-bond acceptors (Lipinski definition) is 4. The van der Waals surface area contributed by atoms with Gasteiger partial charge in [-0.05, 0) is 47.5 Å². The van der Waals surface area contributed by atoms with Gasteiger partial charge in [0.25, 0.3) is 0 Å². The van der Waals surface area contributed by atoms with Gasteiger partial charge < -0.3 is 10.1 Å². The van der Waals surface area contributed by atoms with Crippen molar-refractivity contribution < 1.29 is 22.7 Å². The minimum Gasteiger partial charge on any atom is -0.406 e. The first-order valence-electron chi connectivity index (χ1n) is 9.36. The Morgan fingerprint density at radius 1 is 0.969 bits per heavy atom. The highest BCUT2D eigenvalue weighted by Gasteiger charge is 2.30. The van der Waals surface area contributed by atoms with Crippen LogP contribution < -0.4 is 15.5 Å². The van der Waals surface area contributed by atoms with Crippen LogP contribution in [-0.2, 0) is 6.42 Å². The van der Waals surface area contributed by atoms with E-state index < -0.39 is 18.1 Å². The molecule has 0 bridgehead atoms. The number of nitrogens with zero attached hydrogens (tertiary/aromatic N) is 2. The number of hydrazone groups is 1. The van der Waals surface area contributed by atoms with Crippen LogP contribution in [0.3, 0.4) is 0 Å². The SMILES string of the molecule is N#Cc1ccc(CC(=NNC(=O)Nc2ccc(OC(F)(F)F)cc2)c2ccccc2)cc1. The van der Waals surface area contributed by atoms with Gasteiger partial charge in [0.05, 0.1) is 17.3 Å². The minimum absolute atomic E-state index is 0.264. The van der Waals surface area contributed by atoms with E-state index in [2.05, 4.69) is 26.7 Å².